The molecular formula is C16H19N3O2. The second-order valence-electron chi connectivity index (χ2n) is 5.48. The van der Waals surface area contributed by atoms with Gasteiger partial charge < -0.3 is 15.1 Å². The first-order valence-electron chi connectivity index (χ1n) is 7.27. The number of rotatable bonds is 3. The Morgan fingerprint density at radius 2 is 2.19 bits per heavy atom. The molecule has 1 saturated heterocycles. The van der Waals surface area contributed by atoms with Crippen LogP contribution in [-0.2, 0) is 4.79 Å². The van der Waals surface area contributed by atoms with E-state index in [0.717, 1.165) is 36.4 Å². The molecule has 0 aliphatic carbocycles. The summed E-state index contributed by atoms with van der Waals surface area (Å²) in [6, 6.07) is 7.47. The number of carbonyl (C=O) groups excluding carboxylic acids is 1. The van der Waals surface area contributed by atoms with Crippen LogP contribution in [0.4, 0.5) is 5.69 Å². The van der Waals surface area contributed by atoms with Crippen LogP contribution >= 0.6 is 0 Å². The zero-order chi connectivity index (χ0) is 14.7. The van der Waals surface area contributed by atoms with Crippen LogP contribution < -0.4 is 10.6 Å². The van der Waals surface area contributed by atoms with Crippen molar-refractivity contribution in [1.82, 2.24) is 10.3 Å². The van der Waals surface area contributed by atoms with Gasteiger partial charge in [0.25, 0.3) is 0 Å². The first-order valence-corrected chi connectivity index (χ1v) is 7.27. The lowest BCUT2D eigenvalue weighted by molar-refractivity contribution is -0.119. The average Bonchev–Trinajstić information content (AvgIpc) is 3.02. The Labute approximate surface area is 123 Å². The molecule has 1 aliphatic heterocycles. The van der Waals surface area contributed by atoms with Crippen LogP contribution in [0.1, 0.15) is 19.8 Å². The standard InChI is InChI=1S/C16H19N3O2/c1-11-3-2-8-18-15(11)16(20)19-13-6-4-12(5-7-13)14-9-17-10-21-14/h4-7,9-11,15,18H,2-3,8H2,1H3,(H,19,20). The van der Waals surface area contributed by atoms with E-state index < -0.39 is 0 Å². The number of anilines is 1. The highest BCUT2D eigenvalue weighted by Gasteiger charge is 2.27. The minimum absolute atomic E-state index is 0.0367. The van der Waals surface area contributed by atoms with Crippen molar-refractivity contribution in [2.24, 2.45) is 5.92 Å². The van der Waals surface area contributed by atoms with Gasteiger partial charge in [-0.2, -0.15) is 0 Å². The Kier molecular flexibility index (Phi) is 4.01. The molecule has 1 amide bonds. The Hall–Kier alpha value is -2.14. The highest BCUT2D eigenvalue weighted by atomic mass is 16.3. The fourth-order valence-electron chi connectivity index (χ4n) is 2.70. The third-order valence-electron chi connectivity index (χ3n) is 3.92. The van der Waals surface area contributed by atoms with Crippen LogP contribution in [-0.4, -0.2) is 23.5 Å². The van der Waals surface area contributed by atoms with E-state index in [9.17, 15) is 4.79 Å². The summed E-state index contributed by atoms with van der Waals surface area (Å²) in [7, 11) is 0. The summed E-state index contributed by atoms with van der Waals surface area (Å²) in [5.41, 5.74) is 1.73. The van der Waals surface area contributed by atoms with Crippen LogP contribution in [0.5, 0.6) is 0 Å². The summed E-state index contributed by atoms with van der Waals surface area (Å²) >= 11 is 0. The molecule has 2 heterocycles. The predicted octanol–water partition coefficient (Wildman–Crippen LogP) is 2.67. The van der Waals surface area contributed by atoms with Crippen LogP contribution in [0, 0.1) is 5.92 Å². The van der Waals surface area contributed by atoms with Gasteiger partial charge in [0.2, 0.25) is 5.91 Å². The molecule has 2 N–H and O–H groups in total. The lowest BCUT2D eigenvalue weighted by Gasteiger charge is -2.28. The van der Waals surface area contributed by atoms with Crippen LogP contribution in [0.3, 0.4) is 0 Å². The summed E-state index contributed by atoms with van der Waals surface area (Å²) in [6.45, 7) is 3.02. The third-order valence-corrected chi connectivity index (χ3v) is 3.92. The number of hydrogen-bond donors (Lipinski definition) is 2. The monoisotopic (exact) mass is 285 g/mol. The molecule has 3 rings (SSSR count). The minimum Gasteiger partial charge on any atom is -0.444 e. The van der Waals surface area contributed by atoms with Crippen molar-refractivity contribution in [3.63, 3.8) is 0 Å². The fourth-order valence-corrected chi connectivity index (χ4v) is 2.70. The molecule has 0 saturated carbocycles. The van der Waals surface area contributed by atoms with E-state index in [1.807, 2.05) is 24.3 Å². The molecule has 0 bridgehead atoms. The van der Waals surface area contributed by atoms with Gasteiger partial charge in [0.1, 0.15) is 0 Å². The first-order chi connectivity index (χ1) is 10.2. The first kappa shape index (κ1) is 13.8. The number of carbonyl (C=O) groups is 1. The maximum absolute atomic E-state index is 12.3. The number of amides is 1. The number of hydrogen-bond acceptors (Lipinski definition) is 4. The van der Waals surface area contributed by atoms with Crippen LogP contribution in [0.15, 0.2) is 41.3 Å². The van der Waals surface area contributed by atoms with Gasteiger partial charge in [-0.3, -0.25) is 4.79 Å². The third kappa shape index (κ3) is 3.13. The summed E-state index contributed by atoms with van der Waals surface area (Å²) < 4.78 is 5.24. The number of oxazole rings is 1. The fraction of sp³-hybridized carbons (Fsp3) is 0.375. The number of piperidine rings is 1. The van der Waals surface area contributed by atoms with Crippen LogP contribution in [0.25, 0.3) is 11.3 Å². The Morgan fingerprint density at radius 3 is 2.86 bits per heavy atom. The van der Waals surface area contributed by atoms with Gasteiger partial charge in [0.15, 0.2) is 12.2 Å². The molecule has 1 aromatic carbocycles. The molecule has 1 aliphatic rings. The predicted molar refractivity (Wildman–Crippen MR) is 80.8 cm³/mol. The quantitative estimate of drug-likeness (QED) is 0.910. The van der Waals surface area contributed by atoms with E-state index >= 15 is 0 Å². The summed E-state index contributed by atoms with van der Waals surface area (Å²) in [5.74, 6) is 1.12. The van der Waals surface area contributed by atoms with E-state index in [1.165, 1.54) is 6.39 Å². The van der Waals surface area contributed by atoms with Crippen molar-refractivity contribution in [2.45, 2.75) is 25.8 Å². The molecule has 2 aromatic rings. The largest absolute Gasteiger partial charge is 0.444 e. The lowest BCUT2D eigenvalue weighted by Crippen LogP contribution is -2.48. The molecule has 0 spiro atoms. The van der Waals surface area contributed by atoms with Gasteiger partial charge in [-0.15, -0.1) is 0 Å². The Bertz CT molecular complexity index is 592. The number of aromatic nitrogens is 1. The maximum atomic E-state index is 12.3. The highest BCUT2D eigenvalue weighted by molar-refractivity contribution is 5.95. The van der Waals surface area contributed by atoms with Crippen molar-refractivity contribution in [3.8, 4) is 11.3 Å². The second kappa shape index (κ2) is 6.10. The van der Waals surface area contributed by atoms with E-state index in [1.54, 1.807) is 6.20 Å². The molecule has 21 heavy (non-hydrogen) atoms. The van der Waals surface area contributed by atoms with E-state index in [4.69, 9.17) is 4.42 Å². The zero-order valence-electron chi connectivity index (χ0n) is 12.0. The molecule has 1 aromatic heterocycles. The molecule has 0 radical (unpaired) electrons. The van der Waals surface area contributed by atoms with Crippen molar-refractivity contribution >= 4 is 11.6 Å². The SMILES string of the molecule is CC1CCCNC1C(=O)Nc1ccc(-c2cnco2)cc1. The summed E-state index contributed by atoms with van der Waals surface area (Å²) in [5, 5.41) is 6.25. The van der Waals surface area contributed by atoms with Crippen molar-refractivity contribution in [2.75, 3.05) is 11.9 Å². The van der Waals surface area contributed by atoms with Gasteiger partial charge >= 0.3 is 0 Å². The summed E-state index contributed by atoms with van der Waals surface area (Å²) in [4.78, 5) is 16.2. The molecule has 110 valence electrons. The number of benzene rings is 1. The Balaban J connectivity index is 1.66. The smallest absolute Gasteiger partial charge is 0.241 e. The highest BCUT2D eigenvalue weighted by Crippen LogP contribution is 2.22. The molecule has 1 fully saturated rings. The molecule has 2 atom stereocenters. The Morgan fingerprint density at radius 1 is 1.38 bits per heavy atom. The normalized spacial score (nSPS) is 22.0. The maximum Gasteiger partial charge on any atom is 0.241 e. The molecule has 5 nitrogen and oxygen atoms in total. The zero-order valence-corrected chi connectivity index (χ0v) is 12.0. The van der Waals surface area contributed by atoms with Gasteiger partial charge in [-0.1, -0.05) is 6.92 Å². The van der Waals surface area contributed by atoms with Crippen molar-refractivity contribution in [1.29, 1.82) is 0 Å². The van der Waals surface area contributed by atoms with Gasteiger partial charge in [-0.25, -0.2) is 4.98 Å². The van der Waals surface area contributed by atoms with E-state index in [0.29, 0.717) is 5.92 Å². The second-order valence-corrected chi connectivity index (χ2v) is 5.48. The van der Waals surface area contributed by atoms with Gasteiger partial charge in [-0.05, 0) is 49.6 Å². The lowest BCUT2D eigenvalue weighted by atomic mass is 9.92. The molecule has 5 heteroatoms. The number of nitrogens with one attached hydrogen (secondary N) is 2. The van der Waals surface area contributed by atoms with Crippen molar-refractivity contribution < 1.29 is 9.21 Å². The summed E-state index contributed by atoms with van der Waals surface area (Å²) in [6.07, 6.45) is 5.30. The average molecular weight is 285 g/mol. The van der Waals surface area contributed by atoms with E-state index in [2.05, 4.69) is 22.5 Å². The number of nitrogens with zero attached hydrogens (tertiary/aromatic N) is 1. The topological polar surface area (TPSA) is 67.2 Å². The molecular weight excluding hydrogens is 266 g/mol. The molecule has 2 unspecified atom stereocenters. The van der Waals surface area contributed by atoms with Gasteiger partial charge in [0.05, 0.1) is 12.2 Å². The van der Waals surface area contributed by atoms with Crippen molar-refractivity contribution in [3.05, 3.63) is 36.9 Å². The van der Waals surface area contributed by atoms with Gasteiger partial charge in [0, 0.05) is 11.3 Å². The minimum atomic E-state index is -0.104. The van der Waals surface area contributed by atoms with Crippen LogP contribution in [0.2, 0.25) is 0 Å². The van der Waals surface area contributed by atoms with E-state index in [-0.39, 0.29) is 11.9 Å².